The van der Waals surface area contributed by atoms with Crippen molar-refractivity contribution in [3.05, 3.63) is 41.0 Å². The van der Waals surface area contributed by atoms with Crippen LogP contribution in [0.15, 0.2) is 33.7 Å². The number of fused-ring (bicyclic) bond motifs is 1. The zero-order valence-electron chi connectivity index (χ0n) is 23.5. The average Bonchev–Trinajstić information content (AvgIpc) is 3.71. The quantitative estimate of drug-likeness (QED) is 0.325. The van der Waals surface area contributed by atoms with Gasteiger partial charge in [-0.15, -0.1) is 0 Å². The van der Waals surface area contributed by atoms with Gasteiger partial charge in [0.1, 0.15) is 11.4 Å². The lowest BCUT2D eigenvalue weighted by atomic mass is 9.90. The summed E-state index contributed by atoms with van der Waals surface area (Å²) < 4.78 is 121. The molecule has 0 bridgehead atoms. The van der Waals surface area contributed by atoms with E-state index in [-0.39, 0.29) is 42.1 Å². The molecule has 0 radical (unpaired) electrons. The fourth-order valence-corrected chi connectivity index (χ4v) is 4.80. The van der Waals surface area contributed by atoms with E-state index >= 15 is 0 Å². The molecule has 3 amide bonds. The first kappa shape index (κ1) is 32.7. The molecule has 1 atom stereocenters. The second-order valence-corrected chi connectivity index (χ2v) is 10.3. The van der Waals surface area contributed by atoms with Crippen LogP contribution in [-0.2, 0) is 4.74 Å². The van der Waals surface area contributed by atoms with Crippen LogP contribution in [0.5, 0.6) is 5.88 Å². The lowest BCUT2D eigenvalue weighted by Crippen LogP contribution is -2.36. The Hall–Kier alpha value is -4.69. The maximum Gasteiger partial charge on any atom is 0.431 e. The maximum absolute atomic E-state index is 14.0. The van der Waals surface area contributed by atoms with Crippen molar-refractivity contribution >= 4 is 29.0 Å². The van der Waals surface area contributed by atoms with Gasteiger partial charge < -0.3 is 19.7 Å². The van der Waals surface area contributed by atoms with Gasteiger partial charge in [-0.25, -0.2) is 27.7 Å². The Balaban J connectivity index is 1.47. The van der Waals surface area contributed by atoms with E-state index in [1.807, 2.05) is 0 Å². The molecule has 13 nitrogen and oxygen atoms in total. The highest BCUT2D eigenvalue weighted by molar-refractivity contribution is 6.05. The lowest BCUT2D eigenvalue weighted by Gasteiger charge is -2.26. The monoisotopic (exact) mass is 666 g/mol. The fraction of sp³-hybridized carbons (Fsp3) is 0.480. The first-order valence-corrected chi connectivity index (χ1v) is 13.3. The van der Waals surface area contributed by atoms with E-state index in [9.17, 15) is 44.7 Å². The molecule has 0 saturated heterocycles. The molecule has 1 fully saturated rings. The first-order valence-electron chi connectivity index (χ1n) is 13.3. The molecule has 1 saturated carbocycles. The van der Waals surface area contributed by atoms with Gasteiger partial charge in [-0.3, -0.25) is 4.79 Å². The molecule has 4 heterocycles. The van der Waals surface area contributed by atoms with Crippen molar-refractivity contribution in [2.24, 2.45) is 4.99 Å². The number of imidazole rings is 1. The van der Waals surface area contributed by atoms with Crippen molar-refractivity contribution < 1.29 is 58.8 Å². The Morgan fingerprint density at radius 3 is 2.50 bits per heavy atom. The summed E-state index contributed by atoms with van der Waals surface area (Å²) in [4.78, 5) is 33.8. The number of hydrogen-bond acceptors (Lipinski definition) is 9. The number of aliphatic imine (C=N–C) groups is 1. The summed E-state index contributed by atoms with van der Waals surface area (Å²) in [6.07, 6.45) is -8.52. The number of aromatic nitrogens is 5. The number of halogens is 8. The normalized spacial score (nSPS) is 17.8. The molecule has 5 rings (SSSR count). The number of nitrogens with zero attached hydrogens (tertiary/aromatic N) is 7. The van der Waals surface area contributed by atoms with Gasteiger partial charge in [-0.1, -0.05) is 0 Å². The topological polar surface area (TPSA) is 149 Å². The van der Waals surface area contributed by atoms with Crippen LogP contribution in [0.3, 0.4) is 0 Å². The van der Waals surface area contributed by atoms with E-state index in [1.54, 1.807) is 0 Å². The number of ether oxygens (including phenoxy) is 2. The standard InChI is InChI=1S/C25H22F8N8O5/c1-44-10-15(40-9-16(25(31,32)33)36-22(40)43)13-6-17-35-14(8-41(17)34-7-13)18(12-2-4-23(26,27)5-3-12)37-20(42)19-21(39-46-38-19)45-11-24(28,29)30/h6-8,15H,2-5,9-11H2,1H3,(H,37,42)/t15-/m1/s1. The van der Waals surface area contributed by atoms with Crippen molar-refractivity contribution in [2.75, 3.05) is 26.9 Å². The maximum atomic E-state index is 14.0. The zero-order valence-corrected chi connectivity index (χ0v) is 23.5. The number of urea groups is 1. The number of carbonyl (C=O) groups is 2. The molecular formula is C25H22F8N8O5. The summed E-state index contributed by atoms with van der Waals surface area (Å²) in [6, 6.07) is -0.808. The van der Waals surface area contributed by atoms with Crippen molar-refractivity contribution in [3.8, 4) is 5.88 Å². The predicted molar refractivity (Wildman–Crippen MR) is 137 cm³/mol. The third kappa shape index (κ3) is 7.23. The van der Waals surface area contributed by atoms with Gasteiger partial charge in [0.25, 0.3) is 11.8 Å². The number of methoxy groups -OCH3 is 1. The largest absolute Gasteiger partial charge is 0.464 e. The van der Waals surface area contributed by atoms with Crippen molar-refractivity contribution in [1.29, 1.82) is 0 Å². The number of amides is 3. The fourth-order valence-electron chi connectivity index (χ4n) is 4.80. The van der Waals surface area contributed by atoms with E-state index in [0.717, 1.165) is 4.90 Å². The SMILES string of the molecule is COC[C@H](c1cnn2cc(C(NC(=O)c3nonc3OCC(F)(F)F)=C3CCC(F)(F)CC3)nc2c1)N1CC(C(F)(F)F)=NC1=O. The van der Waals surface area contributed by atoms with Crippen LogP contribution in [0, 0.1) is 0 Å². The second-order valence-electron chi connectivity index (χ2n) is 10.3. The van der Waals surface area contributed by atoms with Crippen molar-refractivity contribution in [2.45, 2.75) is 50.0 Å². The van der Waals surface area contributed by atoms with Gasteiger partial charge in [0.2, 0.25) is 11.6 Å². The summed E-state index contributed by atoms with van der Waals surface area (Å²) >= 11 is 0. The van der Waals surface area contributed by atoms with Gasteiger partial charge in [-0.05, 0) is 34.8 Å². The van der Waals surface area contributed by atoms with Crippen LogP contribution in [0.1, 0.15) is 53.5 Å². The Morgan fingerprint density at radius 1 is 1.15 bits per heavy atom. The van der Waals surface area contributed by atoms with Crippen molar-refractivity contribution in [3.63, 3.8) is 0 Å². The number of carbonyl (C=O) groups excluding carboxylic acids is 2. The molecule has 3 aromatic rings. The molecule has 0 unspecified atom stereocenters. The minimum atomic E-state index is -4.83. The number of alkyl halides is 8. The molecular weight excluding hydrogens is 644 g/mol. The minimum absolute atomic E-state index is 0.00402. The Morgan fingerprint density at radius 2 is 1.87 bits per heavy atom. The van der Waals surface area contributed by atoms with Crippen LogP contribution >= 0.6 is 0 Å². The van der Waals surface area contributed by atoms with Crippen LogP contribution in [0.4, 0.5) is 39.9 Å². The summed E-state index contributed by atoms with van der Waals surface area (Å²) in [5, 5.41) is 13.1. The molecule has 2 aliphatic rings. The highest BCUT2D eigenvalue weighted by Crippen LogP contribution is 2.38. The van der Waals surface area contributed by atoms with Crippen molar-refractivity contribution in [1.82, 2.24) is 35.1 Å². The van der Waals surface area contributed by atoms with E-state index in [4.69, 9.17) is 4.74 Å². The molecule has 21 heteroatoms. The third-order valence-corrected chi connectivity index (χ3v) is 7.03. The summed E-state index contributed by atoms with van der Waals surface area (Å²) in [6.45, 7) is -2.87. The van der Waals surface area contributed by atoms with Crippen LogP contribution in [0.25, 0.3) is 11.3 Å². The van der Waals surface area contributed by atoms with Crippen LogP contribution < -0.4 is 10.1 Å². The number of rotatable bonds is 9. The molecule has 0 spiro atoms. The van der Waals surface area contributed by atoms with E-state index in [2.05, 4.69) is 40.1 Å². The van der Waals surface area contributed by atoms with Gasteiger partial charge in [0.15, 0.2) is 12.3 Å². The molecule has 0 aromatic carbocycles. The van der Waals surface area contributed by atoms with Gasteiger partial charge in [0.05, 0.1) is 37.3 Å². The highest BCUT2D eigenvalue weighted by atomic mass is 19.4. The van der Waals surface area contributed by atoms with Gasteiger partial charge in [-0.2, -0.15) is 36.4 Å². The number of hydrogen-bond donors (Lipinski definition) is 1. The summed E-state index contributed by atoms with van der Waals surface area (Å²) in [5.41, 5.74) is -1.49. The molecule has 1 N–H and O–H groups in total. The predicted octanol–water partition coefficient (Wildman–Crippen LogP) is 4.53. The summed E-state index contributed by atoms with van der Waals surface area (Å²) in [5.74, 6) is -4.98. The van der Waals surface area contributed by atoms with Gasteiger partial charge >= 0.3 is 18.4 Å². The average molecular weight is 666 g/mol. The van der Waals surface area contributed by atoms with E-state index in [1.165, 1.54) is 30.1 Å². The molecule has 46 heavy (non-hydrogen) atoms. The molecule has 3 aromatic heterocycles. The smallest absolute Gasteiger partial charge is 0.431 e. The van der Waals surface area contributed by atoms with E-state index < -0.39 is 79.5 Å². The second kappa shape index (κ2) is 12.2. The zero-order chi connectivity index (χ0) is 33.4. The van der Waals surface area contributed by atoms with E-state index in [0.29, 0.717) is 5.57 Å². The highest BCUT2D eigenvalue weighted by Gasteiger charge is 2.44. The Labute approximate surface area is 252 Å². The van der Waals surface area contributed by atoms with Gasteiger partial charge in [0, 0.05) is 25.5 Å². The lowest BCUT2D eigenvalue weighted by molar-refractivity contribution is -0.154. The van der Waals surface area contributed by atoms with Crippen LogP contribution in [-0.4, -0.2) is 92.6 Å². The minimum Gasteiger partial charge on any atom is -0.464 e. The Kier molecular flexibility index (Phi) is 8.71. The molecule has 248 valence electrons. The summed E-state index contributed by atoms with van der Waals surface area (Å²) in [7, 11) is 1.28. The number of nitrogens with one attached hydrogen (secondary N) is 1. The third-order valence-electron chi connectivity index (χ3n) is 7.03. The van der Waals surface area contributed by atoms with Crippen LogP contribution in [0.2, 0.25) is 0 Å². The first-order chi connectivity index (χ1) is 21.5. The molecule has 1 aliphatic carbocycles. The Bertz CT molecular complexity index is 1680. The molecule has 1 aliphatic heterocycles. The number of allylic oxidation sites excluding steroid dienone is 1.